The van der Waals surface area contributed by atoms with Crippen molar-refractivity contribution in [3.8, 4) is 28.4 Å². The highest BCUT2D eigenvalue weighted by Gasteiger charge is 2.38. The number of aromatic hydroxyl groups is 1. The predicted octanol–water partition coefficient (Wildman–Crippen LogP) is 4.12. The van der Waals surface area contributed by atoms with Crippen molar-refractivity contribution in [2.75, 3.05) is 45.2 Å². The average Bonchev–Trinajstić information content (AvgIpc) is 3.16. The van der Waals surface area contributed by atoms with Crippen LogP contribution in [0.5, 0.6) is 11.5 Å². The van der Waals surface area contributed by atoms with Crippen molar-refractivity contribution in [3.05, 3.63) is 75.7 Å². The van der Waals surface area contributed by atoms with E-state index in [0.29, 0.717) is 48.8 Å². The van der Waals surface area contributed by atoms with E-state index in [2.05, 4.69) is 16.5 Å². The molecule has 1 fully saturated rings. The van der Waals surface area contributed by atoms with E-state index in [-0.39, 0.29) is 57.9 Å². The molecule has 1 atom stereocenters. The molecule has 2 aliphatic rings. The molecule has 0 saturated carbocycles. The molecule has 0 bridgehead atoms. The quantitative estimate of drug-likeness (QED) is 0.313. The molecule has 234 valence electrons. The molecular weight excluding hydrogens is 601 g/mol. The number of rotatable bonds is 6. The second-order valence-electron chi connectivity index (χ2n) is 11.7. The van der Waals surface area contributed by atoms with Gasteiger partial charge >= 0.3 is 5.69 Å². The molecular formula is C32H33ClFN7O4. The van der Waals surface area contributed by atoms with Gasteiger partial charge in [0.1, 0.15) is 40.1 Å². The standard InChI is InChI=1S/C32H33ClFN7O4/c1-6-22(43)39-12-13-40-19(15-39)16-45-29-24-30(40)37-32(44)41(28-18(14-38(4)5)10-11-35-26(28)17(2)3)31(24)36-27(25(29)33)23-20(34)8-7-9-21(23)42/h6-11,17,19,42H,1,12-16H2,2-5H3/t19-/m1/s1. The van der Waals surface area contributed by atoms with Gasteiger partial charge in [0.2, 0.25) is 5.91 Å². The van der Waals surface area contributed by atoms with Gasteiger partial charge in [-0.2, -0.15) is 4.98 Å². The number of fused-ring (bicyclic) bond motifs is 2. The number of piperazine rings is 1. The number of nitrogens with zero attached hydrogens (tertiary/aromatic N) is 7. The minimum absolute atomic E-state index is 0.0428. The number of hydrogen-bond donors (Lipinski definition) is 1. The van der Waals surface area contributed by atoms with Gasteiger partial charge in [0.05, 0.1) is 23.0 Å². The second kappa shape index (κ2) is 11.8. The molecule has 13 heteroatoms. The van der Waals surface area contributed by atoms with Gasteiger partial charge in [-0.3, -0.25) is 9.78 Å². The van der Waals surface area contributed by atoms with Crippen LogP contribution in [0.15, 0.2) is 47.9 Å². The van der Waals surface area contributed by atoms with E-state index in [0.717, 1.165) is 5.56 Å². The molecule has 4 aromatic rings. The summed E-state index contributed by atoms with van der Waals surface area (Å²) < 4.78 is 23.1. The second-order valence-corrected chi connectivity index (χ2v) is 12.1. The van der Waals surface area contributed by atoms with Gasteiger partial charge in [-0.1, -0.05) is 38.1 Å². The molecule has 3 aromatic heterocycles. The Balaban J connectivity index is 1.72. The fourth-order valence-electron chi connectivity index (χ4n) is 6.08. The SMILES string of the molecule is C=CC(=O)N1CCN2c3nc(=O)n(-c4c(CN(C)C)ccnc4C(C)C)c4nc(-c5c(O)cccc5F)c(Cl)c(c34)OC[C@H]2C1. The number of carbonyl (C=O) groups is 1. The van der Waals surface area contributed by atoms with Gasteiger partial charge in [-0.05, 0) is 49.9 Å². The fourth-order valence-corrected chi connectivity index (χ4v) is 6.37. The molecule has 5 heterocycles. The zero-order valence-corrected chi connectivity index (χ0v) is 26.2. The van der Waals surface area contributed by atoms with E-state index in [4.69, 9.17) is 21.3 Å². The van der Waals surface area contributed by atoms with E-state index in [1.165, 1.54) is 28.8 Å². The van der Waals surface area contributed by atoms with Crippen LogP contribution in [0, 0.1) is 5.82 Å². The van der Waals surface area contributed by atoms with Gasteiger partial charge in [-0.25, -0.2) is 18.7 Å². The molecule has 2 aliphatic heterocycles. The van der Waals surface area contributed by atoms with Gasteiger partial charge < -0.3 is 24.5 Å². The first kappa shape index (κ1) is 30.5. The number of ether oxygens (including phenoxy) is 1. The zero-order valence-electron chi connectivity index (χ0n) is 25.4. The maximum atomic E-state index is 15.3. The van der Waals surface area contributed by atoms with Crippen LogP contribution in [-0.4, -0.2) is 86.7 Å². The summed E-state index contributed by atoms with van der Waals surface area (Å²) in [7, 11) is 3.84. The topological polar surface area (TPSA) is 117 Å². The molecule has 0 aliphatic carbocycles. The van der Waals surface area contributed by atoms with Crippen molar-refractivity contribution in [3.63, 3.8) is 0 Å². The Bertz CT molecular complexity index is 1890. The maximum Gasteiger partial charge on any atom is 0.355 e. The summed E-state index contributed by atoms with van der Waals surface area (Å²) in [5, 5.41) is 11.1. The van der Waals surface area contributed by atoms with Crippen LogP contribution in [0.4, 0.5) is 10.2 Å². The molecule has 0 spiro atoms. The maximum absolute atomic E-state index is 15.3. The largest absolute Gasteiger partial charge is 0.507 e. The molecule has 11 nitrogen and oxygen atoms in total. The summed E-state index contributed by atoms with van der Waals surface area (Å²) in [5.41, 5.74) is 1.14. The molecule has 0 unspecified atom stereocenters. The number of pyridine rings is 2. The van der Waals surface area contributed by atoms with Crippen molar-refractivity contribution < 1.29 is 19.0 Å². The monoisotopic (exact) mass is 633 g/mol. The lowest BCUT2D eigenvalue weighted by Crippen LogP contribution is -2.56. The van der Waals surface area contributed by atoms with E-state index in [1.807, 2.05) is 43.8 Å². The van der Waals surface area contributed by atoms with Gasteiger partial charge in [0, 0.05) is 32.4 Å². The number of carbonyl (C=O) groups excluding carboxylic acids is 1. The highest BCUT2D eigenvalue weighted by Crippen LogP contribution is 2.47. The van der Waals surface area contributed by atoms with Crippen molar-refractivity contribution in [1.29, 1.82) is 0 Å². The lowest BCUT2D eigenvalue weighted by molar-refractivity contribution is -0.126. The van der Waals surface area contributed by atoms with E-state index in [1.54, 1.807) is 11.1 Å². The number of amides is 1. The van der Waals surface area contributed by atoms with Crippen LogP contribution in [0.2, 0.25) is 5.02 Å². The first-order valence-electron chi connectivity index (χ1n) is 14.6. The number of anilines is 1. The summed E-state index contributed by atoms with van der Waals surface area (Å²) >= 11 is 6.97. The van der Waals surface area contributed by atoms with Gasteiger partial charge in [0.25, 0.3) is 0 Å². The van der Waals surface area contributed by atoms with Crippen LogP contribution < -0.4 is 15.3 Å². The number of phenolic OH excluding ortho intramolecular Hbond substituents is 1. The van der Waals surface area contributed by atoms with Gasteiger partial charge in [-0.15, -0.1) is 0 Å². The van der Waals surface area contributed by atoms with Gasteiger partial charge in [0.15, 0.2) is 11.4 Å². The van der Waals surface area contributed by atoms with Crippen molar-refractivity contribution in [1.82, 2.24) is 29.3 Å². The van der Waals surface area contributed by atoms with Crippen molar-refractivity contribution >= 4 is 34.4 Å². The smallest absolute Gasteiger partial charge is 0.355 e. The minimum Gasteiger partial charge on any atom is -0.507 e. The average molecular weight is 634 g/mol. The van der Waals surface area contributed by atoms with Crippen molar-refractivity contribution in [2.24, 2.45) is 0 Å². The third kappa shape index (κ3) is 5.17. The lowest BCUT2D eigenvalue weighted by Gasteiger charge is -2.40. The third-order valence-corrected chi connectivity index (χ3v) is 8.44. The number of benzene rings is 1. The first-order chi connectivity index (χ1) is 21.5. The Morgan fingerprint density at radius 1 is 1.27 bits per heavy atom. The normalized spacial score (nSPS) is 16.1. The highest BCUT2D eigenvalue weighted by atomic mass is 35.5. The molecule has 1 N–H and O–H groups in total. The van der Waals surface area contributed by atoms with Crippen molar-refractivity contribution in [2.45, 2.75) is 32.4 Å². The fraction of sp³-hybridized carbons (Fsp3) is 0.344. The number of halogens is 2. The lowest BCUT2D eigenvalue weighted by atomic mass is 10.0. The summed E-state index contributed by atoms with van der Waals surface area (Å²) in [6.45, 7) is 9.15. The Morgan fingerprint density at radius 2 is 2.04 bits per heavy atom. The Hall–Kier alpha value is -4.55. The molecule has 1 aromatic carbocycles. The number of phenols is 1. The third-order valence-electron chi connectivity index (χ3n) is 8.09. The molecule has 0 radical (unpaired) electrons. The summed E-state index contributed by atoms with van der Waals surface area (Å²) in [5.74, 6) is -0.971. The van der Waals surface area contributed by atoms with E-state index >= 15 is 4.39 Å². The summed E-state index contributed by atoms with van der Waals surface area (Å²) in [6, 6.07) is 5.37. The summed E-state index contributed by atoms with van der Waals surface area (Å²) in [4.78, 5) is 46.4. The minimum atomic E-state index is -0.749. The van der Waals surface area contributed by atoms with Crippen LogP contribution in [-0.2, 0) is 11.3 Å². The Morgan fingerprint density at radius 3 is 2.73 bits per heavy atom. The van der Waals surface area contributed by atoms with Crippen LogP contribution >= 0.6 is 11.6 Å². The Kier molecular flexibility index (Phi) is 7.96. The molecule has 1 saturated heterocycles. The zero-order chi connectivity index (χ0) is 32.2. The Labute approximate surface area is 264 Å². The van der Waals surface area contributed by atoms with Crippen LogP contribution in [0.25, 0.3) is 28.0 Å². The number of hydrogen-bond acceptors (Lipinski definition) is 9. The van der Waals surface area contributed by atoms with Crippen LogP contribution in [0.3, 0.4) is 0 Å². The molecule has 45 heavy (non-hydrogen) atoms. The predicted molar refractivity (Wildman–Crippen MR) is 170 cm³/mol. The highest BCUT2D eigenvalue weighted by molar-refractivity contribution is 6.36. The van der Waals surface area contributed by atoms with E-state index in [9.17, 15) is 14.7 Å². The number of aromatic nitrogens is 4. The molecule has 1 amide bonds. The van der Waals surface area contributed by atoms with E-state index < -0.39 is 11.5 Å². The molecule has 6 rings (SSSR count). The van der Waals surface area contributed by atoms with Crippen LogP contribution in [0.1, 0.15) is 31.0 Å². The summed E-state index contributed by atoms with van der Waals surface area (Å²) in [6.07, 6.45) is 2.97. The first-order valence-corrected chi connectivity index (χ1v) is 15.0.